The topological polar surface area (TPSA) is 80.5 Å². The first kappa shape index (κ1) is 20.2. The normalized spacial score (nSPS) is 24.8. The van der Waals surface area contributed by atoms with Gasteiger partial charge in [0.2, 0.25) is 5.88 Å². The molecule has 8 nitrogen and oxygen atoms in total. The van der Waals surface area contributed by atoms with E-state index in [1.165, 1.54) is 0 Å². The van der Waals surface area contributed by atoms with Crippen LogP contribution in [0.5, 0.6) is 11.6 Å². The number of nitrogens with zero attached hydrogens (tertiary/aromatic N) is 4. The minimum atomic E-state index is -0.139. The SMILES string of the molecule is C[C@H]1CCOC[C@H](C)Oc2cncc(n2)-c2nn(C3CCCCO3)c3ccc(cc23)O1. The molecule has 1 aromatic carbocycles. The Morgan fingerprint density at radius 2 is 1.94 bits per heavy atom. The highest BCUT2D eigenvalue weighted by molar-refractivity contribution is 5.93. The second kappa shape index (κ2) is 8.80. The van der Waals surface area contributed by atoms with Crippen LogP contribution in [-0.2, 0) is 9.47 Å². The van der Waals surface area contributed by atoms with Crippen LogP contribution in [0.4, 0.5) is 0 Å². The summed E-state index contributed by atoms with van der Waals surface area (Å²) in [5.74, 6) is 1.26. The molecule has 1 saturated heterocycles. The van der Waals surface area contributed by atoms with Gasteiger partial charge in [-0.1, -0.05) is 0 Å². The third-order valence-electron chi connectivity index (χ3n) is 5.64. The molecule has 3 atom stereocenters. The van der Waals surface area contributed by atoms with E-state index < -0.39 is 0 Å². The quantitative estimate of drug-likeness (QED) is 0.580. The summed E-state index contributed by atoms with van der Waals surface area (Å²) in [6.07, 6.45) is 7.10. The van der Waals surface area contributed by atoms with Gasteiger partial charge in [-0.25, -0.2) is 9.67 Å². The van der Waals surface area contributed by atoms with Gasteiger partial charge >= 0.3 is 0 Å². The molecule has 31 heavy (non-hydrogen) atoms. The predicted molar refractivity (Wildman–Crippen MR) is 115 cm³/mol. The summed E-state index contributed by atoms with van der Waals surface area (Å²) in [4.78, 5) is 9.04. The lowest BCUT2D eigenvalue weighted by Crippen LogP contribution is -2.22. The van der Waals surface area contributed by atoms with Crippen LogP contribution in [0.3, 0.4) is 0 Å². The predicted octanol–water partition coefficient (Wildman–Crippen LogP) is 4.15. The number of hydrogen-bond acceptors (Lipinski definition) is 7. The summed E-state index contributed by atoms with van der Waals surface area (Å²) in [5, 5.41) is 5.89. The van der Waals surface area contributed by atoms with Crippen molar-refractivity contribution < 1.29 is 18.9 Å². The first-order valence-corrected chi connectivity index (χ1v) is 11.0. The average molecular weight is 425 g/mol. The Morgan fingerprint density at radius 3 is 2.81 bits per heavy atom. The molecule has 5 rings (SSSR count). The summed E-state index contributed by atoms with van der Waals surface area (Å²) >= 11 is 0. The zero-order valence-electron chi connectivity index (χ0n) is 18.0. The van der Waals surface area contributed by atoms with Crippen LogP contribution in [0.1, 0.15) is 45.8 Å². The standard InChI is InChI=1S/C23H28N4O4/c1-15-8-10-28-14-16(2)31-21-13-24-12-19(25-21)23-18-11-17(30-15)6-7-20(18)27(26-23)22-5-3-4-9-29-22/h6-7,11-13,15-16,22H,3-5,8-10,14H2,1-2H3/t15-,16-,22?/m0/s1. The summed E-state index contributed by atoms with van der Waals surface area (Å²) in [6.45, 7) is 5.85. The minimum absolute atomic E-state index is 0.0276. The highest BCUT2D eigenvalue weighted by atomic mass is 16.5. The van der Waals surface area contributed by atoms with Crippen molar-refractivity contribution >= 4 is 10.9 Å². The fraction of sp³-hybridized carbons (Fsp3) is 0.522. The van der Waals surface area contributed by atoms with Crippen molar-refractivity contribution in [3.63, 3.8) is 0 Å². The molecule has 2 aliphatic heterocycles. The van der Waals surface area contributed by atoms with Gasteiger partial charge < -0.3 is 18.9 Å². The largest absolute Gasteiger partial charge is 0.491 e. The van der Waals surface area contributed by atoms with Crippen molar-refractivity contribution in [3.05, 3.63) is 30.6 Å². The van der Waals surface area contributed by atoms with Crippen molar-refractivity contribution in [1.29, 1.82) is 0 Å². The molecule has 0 amide bonds. The van der Waals surface area contributed by atoms with Gasteiger partial charge in [-0.05, 0) is 51.3 Å². The molecule has 0 N–H and O–H groups in total. The van der Waals surface area contributed by atoms with Gasteiger partial charge in [0.05, 0.1) is 37.2 Å². The van der Waals surface area contributed by atoms with E-state index in [0.717, 1.165) is 54.6 Å². The van der Waals surface area contributed by atoms with Gasteiger partial charge in [0.25, 0.3) is 0 Å². The molecule has 0 spiro atoms. The van der Waals surface area contributed by atoms with Crippen LogP contribution in [0.15, 0.2) is 30.6 Å². The first-order chi connectivity index (χ1) is 15.2. The van der Waals surface area contributed by atoms with E-state index in [9.17, 15) is 0 Å². The summed E-state index contributed by atoms with van der Waals surface area (Å²) < 4.78 is 25.9. The van der Waals surface area contributed by atoms with Gasteiger partial charge in [0, 0.05) is 18.4 Å². The third kappa shape index (κ3) is 4.36. The fourth-order valence-electron chi connectivity index (χ4n) is 4.07. The zero-order chi connectivity index (χ0) is 21.2. The second-order valence-corrected chi connectivity index (χ2v) is 8.26. The van der Waals surface area contributed by atoms with Gasteiger partial charge in [-0.2, -0.15) is 5.10 Å². The van der Waals surface area contributed by atoms with Crippen LogP contribution < -0.4 is 9.47 Å². The average Bonchev–Trinajstić information content (AvgIpc) is 3.16. The number of benzene rings is 1. The van der Waals surface area contributed by atoms with Crippen molar-refractivity contribution in [2.24, 2.45) is 0 Å². The van der Waals surface area contributed by atoms with E-state index >= 15 is 0 Å². The first-order valence-electron chi connectivity index (χ1n) is 11.0. The van der Waals surface area contributed by atoms with Crippen LogP contribution in [0.25, 0.3) is 22.3 Å². The van der Waals surface area contributed by atoms with Crippen molar-refractivity contribution in [1.82, 2.24) is 19.7 Å². The van der Waals surface area contributed by atoms with Gasteiger partial charge in [-0.3, -0.25) is 4.98 Å². The lowest BCUT2D eigenvalue weighted by Gasteiger charge is -2.23. The van der Waals surface area contributed by atoms with Crippen molar-refractivity contribution in [3.8, 4) is 23.0 Å². The fourth-order valence-corrected chi connectivity index (χ4v) is 4.07. The highest BCUT2D eigenvalue weighted by Crippen LogP contribution is 2.34. The molecule has 8 heteroatoms. The number of fused-ring (bicyclic) bond motifs is 4. The molecular weight excluding hydrogens is 396 g/mol. The Kier molecular flexibility index (Phi) is 5.74. The molecule has 4 bridgehead atoms. The van der Waals surface area contributed by atoms with E-state index in [2.05, 4.69) is 23.0 Å². The number of aromatic nitrogens is 4. The Balaban J connectivity index is 1.63. The lowest BCUT2D eigenvalue weighted by atomic mass is 10.1. The molecule has 3 aromatic rings. The maximum atomic E-state index is 6.17. The second-order valence-electron chi connectivity index (χ2n) is 8.26. The van der Waals surface area contributed by atoms with E-state index in [1.807, 2.05) is 23.7 Å². The molecular formula is C23H28N4O4. The summed E-state index contributed by atoms with van der Waals surface area (Å²) in [5.41, 5.74) is 2.40. The lowest BCUT2D eigenvalue weighted by molar-refractivity contribution is -0.0365. The smallest absolute Gasteiger partial charge is 0.233 e. The molecule has 2 aliphatic rings. The number of hydrogen-bond donors (Lipinski definition) is 0. The van der Waals surface area contributed by atoms with E-state index in [-0.39, 0.29) is 18.4 Å². The van der Waals surface area contributed by atoms with Crippen molar-refractivity contribution in [2.45, 2.75) is 58.0 Å². The highest BCUT2D eigenvalue weighted by Gasteiger charge is 2.23. The van der Waals surface area contributed by atoms with Gasteiger partial charge in [-0.15, -0.1) is 0 Å². The molecule has 0 radical (unpaired) electrons. The molecule has 2 aromatic heterocycles. The Bertz CT molecular complexity index is 1050. The van der Waals surface area contributed by atoms with Crippen LogP contribution >= 0.6 is 0 Å². The molecule has 1 unspecified atom stereocenters. The molecule has 0 aliphatic carbocycles. The van der Waals surface area contributed by atoms with Gasteiger partial charge in [0.1, 0.15) is 23.2 Å². The third-order valence-corrected chi connectivity index (χ3v) is 5.64. The Morgan fingerprint density at radius 1 is 1.00 bits per heavy atom. The monoisotopic (exact) mass is 424 g/mol. The number of rotatable bonds is 1. The van der Waals surface area contributed by atoms with Crippen molar-refractivity contribution in [2.75, 3.05) is 19.8 Å². The Hall–Kier alpha value is -2.71. The Labute approximate surface area is 181 Å². The maximum absolute atomic E-state index is 6.17. The molecule has 1 fully saturated rings. The number of ether oxygens (including phenoxy) is 4. The van der Waals surface area contributed by atoms with Crippen LogP contribution in [0, 0.1) is 0 Å². The zero-order valence-corrected chi connectivity index (χ0v) is 18.0. The summed E-state index contributed by atoms with van der Waals surface area (Å²) in [6, 6.07) is 6.08. The van der Waals surface area contributed by atoms with Gasteiger partial charge in [0.15, 0.2) is 6.23 Å². The van der Waals surface area contributed by atoms with Crippen LogP contribution in [-0.4, -0.2) is 51.8 Å². The maximum Gasteiger partial charge on any atom is 0.233 e. The van der Waals surface area contributed by atoms with E-state index in [1.54, 1.807) is 12.4 Å². The molecule has 164 valence electrons. The summed E-state index contributed by atoms with van der Waals surface area (Å²) in [7, 11) is 0. The van der Waals surface area contributed by atoms with Crippen LogP contribution in [0.2, 0.25) is 0 Å². The molecule has 4 heterocycles. The minimum Gasteiger partial charge on any atom is -0.491 e. The van der Waals surface area contributed by atoms with E-state index in [4.69, 9.17) is 24.0 Å². The molecule has 0 saturated carbocycles. The van der Waals surface area contributed by atoms with E-state index in [0.29, 0.717) is 24.8 Å².